The van der Waals surface area contributed by atoms with Gasteiger partial charge in [-0.2, -0.15) is 0 Å². The Labute approximate surface area is 74.4 Å². The minimum absolute atomic E-state index is 0.286. The van der Waals surface area contributed by atoms with Crippen molar-refractivity contribution in [3.05, 3.63) is 12.2 Å². The third kappa shape index (κ3) is 9.62. The Morgan fingerprint density at radius 2 is 2.33 bits per heavy atom. The average molecular weight is 173 g/mol. The second-order valence-corrected chi connectivity index (χ2v) is 3.06. The van der Waals surface area contributed by atoms with Crippen LogP contribution in [0, 0.1) is 0 Å². The van der Waals surface area contributed by atoms with Gasteiger partial charge in [-0.05, 0) is 13.8 Å². The van der Waals surface area contributed by atoms with Gasteiger partial charge in [0.1, 0.15) is 0 Å². The van der Waals surface area contributed by atoms with E-state index in [9.17, 15) is 0 Å². The largest absolute Gasteiger partial charge is 0.392 e. The van der Waals surface area contributed by atoms with Gasteiger partial charge in [-0.25, -0.2) is 0 Å². The molecule has 0 saturated heterocycles. The highest BCUT2D eigenvalue weighted by Gasteiger charge is 1.93. The molecule has 3 nitrogen and oxygen atoms in total. The molecule has 72 valence electrons. The Bertz CT molecular complexity index is 124. The highest BCUT2D eigenvalue weighted by atomic mass is 16.5. The maximum Gasteiger partial charge on any atom is 0.0672 e. The lowest BCUT2D eigenvalue weighted by Gasteiger charge is -2.07. The maximum atomic E-state index is 8.88. The SMILES string of the molecule is C=C(C)COCCNCC(C)O. The molecule has 0 amide bonds. The van der Waals surface area contributed by atoms with Crippen molar-refractivity contribution in [3.8, 4) is 0 Å². The Balaban J connectivity index is 2.96. The Morgan fingerprint density at radius 1 is 1.67 bits per heavy atom. The first-order valence-electron chi connectivity index (χ1n) is 4.24. The molecule has 0 spiro atoms. The first-order chi connectivity index (χ1) is 5.63. The van der Waals surface area contributed by atoms with Crippen LogP contribution in [0.3, 0.4) is 0 Å². The van der Waals surface area contributed by atoms with E-state index in [1.54, 1.807) is 6.92 Å². The summed E-state index contributed by atoms with van der Waals surface area (Å²) in [6.07, 6.45) is -0.286. The summed E-state index contributed by atoms with van der Waals surface area (Å²) in [5, 5.41) is 11.9. The van der Waals surface area contributed by atoms with Crippen LogP contribution in [0.5, 0.6) is 0 Å². The van der Waals surface area contributed by atoms with Gasteiger partial charge in [0.05, 0.1) is 19.3 Å². The molecule has 0 bridgehead atoms. The molecule has 0 aromatic rings. The van der Waals surface area contributed by atoms with Gasteiger partial charge in [-0.1, -0.05) is 12.2 Å². The summed E-state index contributed by atoms with van der Waals surface area (Å²) in [5.74, 6) is 0. The molecule has 0 rings (SSSR count). The third-order valence-electron chi connectivity index (χ3n) is 1.21. The van der Waals surface area contributed by atoms with Crippen molar-refractivity contribution < 1.29 is 9.84 Å². The number of hydrogen-bond acceptors (Lipinski definition) is 3. The van der Waals surface area contributed by atoms with Crippen molar-refractivity contribution in [1.29, 1.82) is 0 Å². The molecule has 1 atom stereocenters. The number of rotatable bonds is 7. The Hall–Kier alpha value is -0.380. The quantitative estimate of drug-likeness (QED) is 0.436. The van der Waals surface area contributed by atoms with E-state index in [-0.39, 0.29) is 6.10 Å². The van der Waals surface area contributed by atoms with Crippen molar-refractivity contribution in [1.82, 2.24) is 5.32 Å². The summed E-state index contributed by atoms with van der Waals surface area (Å²) in [5.41, 5.74) is 1.03. The molecule has 2 N–H and O–H groups in total. The second kappa shape index (κ2) is 7.28. The van der Waals surface area contributed by atoms with Gasteiger partial charge in [0, 0.05) is 13.1 Å². The van der Waals surface area contributed by atoms with Gasteiger partial charge in [-0.15, -0.1) is 0 Å². The van der Waals surface area contributed by atoms with Crippen molar-refractivity contribution >= 4 is 0 Å². The standard InChI is InChI=1S/C9H19NO2/c1-8(2)7-12-5-4-10-6-9(3)11/h9-11H,1,4-7H2,2-3H3. The van der Waals surface area contributed by atoms with Crippen molar-refractivity contribution in [2.24, 2.45) is 0 Å². The van der Waals surface area contributed by atoms with E-state index in [0.29, 0.717) is 19.8 Å². The van der Waals surface area contributed by atoms with Crippen molar-refractivity contribution in [2.45, 2.75) is 20.0 Å². The van der Waals surface area contributed by atoms with Gasteiger partial charge in [0.15, 0.2) is 0 Å². The van der Waals surface area contributed by atoms with E-state index in [1.165, 1.54) is 0 Å². The zero-order chi connectivity index (χ0) is 9.40. The Morgan fingerprint density at radius 3 is 2.83 bits per heavy atom. The molecule has 0 heterocycles. The predicted octanol–water partition coefficient (Wildman–Crippen LogP) is 0.549. The monoisotopic (exact) mass is 173 g/mol. The van der Waals surface area contributed by atoms with E-state index in [0.717, 1.165) is 12.1 Å². The summed E-state index contributed by atoms with van der Waals surface area (Å²) in [4.78, 5) is 0. The number of aliphatic hydroxyl groups is 1. The molecule has 0 aliphatic heterocycles. The molecule has 0 aliphatic rings. The van der Waals surface area contributed by atoms with Crippen LogP contribution in [0.1, 0.15) is 13.8 Å². The summed E-state index contributed by atoms with van der Waals surface area (Å²) in [6.45, 7) is 10.1. The van der Waals surface area contributed by atoms with Crippen molar-refractivity contribution in [3.63, 3.8) is 0 Å². The zero-order valence-corrected chi connectivity index (χ0v) is 7.97. The fourth-order valence-electron chi connectivity index (χ4n) is 0.702. The van der Waals surface area contributed by atoms with Crippen molar-refractivity contribution in [2.75, 3.05) is 26.3 Å². The van der Waals surface area contributed by atoms with Gasteiger partial charge in [0.2, 0.25) is 0 Å². The number of hydrogen-bond donors (Lipinski definition) is 2. The van der Waals surface area contributed by atoms with E-state index < -0.39 is 0 Å². The normalized spacial score (nSPS) is 12.9. The smallest absolute Gasteiger partial charge is 0.0672 e. The molecule has 3 heteroatoms. The summed E-state index contributed by atoms with van der Waals surface area (Å²) in [6, 6.07) is 0. The molecule has 0 aromatic carbocycles. The van der Waals surface area contributed by atoms with Gasteiger partial charge in [0.25, 0.3) is 0 Å². The molecule has 12 heavy (non-hydrogen) atoms. The fraction of sp³-hybridized carbons (Fsp3) is 0.778. The van der Waals surface area contributed by atoms with Crippen LogP contribution in [0.2, 0.25) is 0 Å². The van der Waals surface area contributed by atoms with Crippen LogP contribution in [-0.2, 0) is 4.74 Å². The van der Waals surface area contributed by atoms with Crippen LogP contribution in [0.15, 0.2) is 12.2 Å². The van der Waals surface area contributed by atoms with Crippen LogP contribution >= 0.6 is 0 Å². The average Bonchev–Trinajstić information content (AvgIpc) is 1.95. The highest BCUT2D eigenvalue weighted by molar-refractivity contribution is 4.87. The van der Waals surface area contributed by atoms with E-state index in [1.807, 2.05) is 6.92 Å². The number of aliphatic hydroxyl groups excluding tert-OH is 1. The summed E-state index contributed by atoms with van der Waals surface area (Å²) in [7, 11) is 0. The van der Waals surface area contributed by atoms with Crippen LogP contribution < -0.4 is 5.32 Å². The predicted molar refractivity (Wildman–Crippen MR) is 50.2 cm³/mol. The van der Waals surface area contributed by atoms with Gasteiger partial charge >= 0.3 is 0 Å². The Kier molecular flexibility index (Phi) is 7.05. The molecule has 1 unspecified atom stereocenters. The molecule has 0 fully saturated rings. The molecule has 0 saturated carbocycles. The molecular weight excluding hydrogens is 154 g/mol. The molecule has 0 aromatic heterocycles. The lowest BCUT2D eigenvalue weighted by molar-refractivity contribution is 0.148. The van der Waals surface area contributed by atoms with E-state index in [2.05, 4.69) is 11.9 Å². The number of ether oxygens (including phenoxy) is 1. The zero-order valence-electron chi connectivity index (χ0n) is 7.97. The molecule has 0 radical (unpaired) electrons. The lowest BCUT2D eigenvalue weighted by Crippen LogP contribution is -2.27. The van der Waals surface area contributed by atoms with E-state index >= 15 is 0 Å². The summed E-state index contributed by atoms with van der Waals surface area (Å²) >= 11 is 0. The first kappa shape index (κ1) is 11.6. The summed E-state index contributed by atoms with van der Waals surface area (Å²) < 4.78 is 5.23. The number of nitrogens with one attached hydrogen (secondary N) is 1. The van der Waals surface area contributed by atoms with E-state index in [4.69, 9.17) is 9.84 Å². The topological polar surface area (TPSA) is 41.5 Å². The first-order valence-corrected chi connectivity index (χ1v) is 4.24. The minimum Gasteiger partial charge on any atom is -0.392 e. The lowest BCUT2D eigenvalue weighted by atomic mass is 10.4. The fourth-order valence-corrected chi connectivity index (χ4v) is 0.702. The van der Waals surface area contributed by atoms with Crippen LogP contribution in [0.25, 0.3) is 0 Å². The maximum absolute atomic E-state index is 8.88. The highest BCUT2D eigenvalue weighted by Crippen LogP contribution is 1.86. The third-order valence-corrected chi connectivity index (χ3v) is 1.21. The molecular formula is C9H19NO2. The molecule has 0 aliphatic carbocycles. The van der Waals surface area contributed by atoms with Gasteiger partial charge < -0.3 is 15.2 Å². The second-order valence-electron chi connectivity index (χ2n) is 3.06. The minimum atomic E-state index is -0.286. The van der Waals surface area contributed by atoms with Crippen LogP contribution in [0.4, 0.5) is 0 Å². The van der Waals surface area contributed by atoms with Gasteiger partial charge in [-0.3, -0.25) is 0 Å². The van der Waals surface area contributed by atoms with Crippen LogP contribution in [-0.4, -0.2) is 37.5 Å².